The van der Waals surface area contributed by atoms with Crippen molar-refractivity contribution in [2.24, 2.45) is 0 Å². The third-order valence-corrected chi connectivity index (χ3v) is 2.61. The molecule has 3 nitrogen and oxygen atoms in total. The van der Waals surface area contributed by atoms with Gasteiger partial charge in [0.05, 0.1) is 6.54 Å². The van der Waals surface area contributed by atoms with Crippen molar-refractivity contribution in [1.82, 2.24) is 4.90 Å². The van der Waals surface area contributed by atoms with Crippen molar-refractivity contribution in [3.05, 3.63) is 35.6 Å². The van der Waals surface area contributed by atoms with Gasteiger partial charge in [0.25, 0.3) is 5.91 Å². The van der Waals surface area contributed by atoms with Crippen molar-refractivity contribution in [2.75, 3.05) is 13.1 Å². The van der Waals surface area contributed by atoms with Crippen LogP contribution in [0.15, 0.2) is 24.3 Å². The Morgan fingerprint density at radius 3 is 2.88 bits per heavy atom. The molecule has 0 saturated carbocycles. The zero-order chi connectivity index (χ0) is 11.5. The molecule has 0 N–H and O–H groups in total. The van der Waals surface area contributed by atoms with Crippen LogP contribution in [0.25, 0.3) is 0 Å². The quantitative estimate of drug-likeness (QED) is 0.722. The van der Waals surface area contributed by atoms with Gasteiger partial charge in [0.1, 0.15) is 5.82 Å². The number of likely N-dealkylation sites (tertiary alicyclic amines) is 1. The summed E-state index contributed by atoms with van der Waals surface area (Å²) in [6.07, 6.45) is 1.23. The summed E-state index contributed by atoms with van der Waals surface area (Å²) in [7, 11) is 0. The SMILES string of the molecule is O=C1CCCN(C(=O)c2cccc(F)c2)C1. The molecule has 1 aliphatic heterocycles. The normalized spacial score (nSPS) is 16.3. The number of rotatable bonds is 1. The number of ketones is 1. The minimum Gasteiger partial charge on any atom is -0.331 e. The zero-order valence-corrected chi connectivity index (χ0v) is 8.78. The molecule has 1 aromatic rings. The number of benzene rings is 1. The number of piperidine rings is 1. The van der Waals surface area contributed by atoms with E-state index in [-0.39, 0.29) is 18.2 Å². The summed E-state index contributed by atoms with van der Waals surface area (Å²) in [6, 6.07) is 5.54. The van der Waals surface area contributed by atoms with E-state index in [1.54, 1.807) is 6.07 Å². The Balaban J connectivity index is 2.15. The largest absolute Gasteiger partial charge is 0.331 e. The Kier molecular flexibility index (Phi) is 2.99. The van der Waals surface area contributed by atoms with E-state index >= 15 is 0 Å². The lowest BCUT2D eigenvalue weighted by Crippen LogP contribution is -2.40. The molecule has 0 unspecified atom stereocenters. The van der Waals surface area contributed by atoms with Gasteiger partial charge in [-0.15, -0.1) is 0 Å². The van der Waals surface area contributed by atoms with E-state index < -0.39 is 5.82 Å². The predicted molar refractivity (Wildman–Crippen MR) is 56.5 cm³/mol. The standard InChI is InChI=1S/C12H12FNO2/c13-10-4-1-3-9(7-10)12(16)14-6-2-5-11(15)8-14/h1,3-4,7H,2,5-6,8H2. The minimum absolute atomic E-state index is 0.0657. The maximum Gasteiger partial charge on any atom is 0.254 e. The van der Waals surface area contributed by atoms with Crippen LogP contribution in [0.4, 0.5) is 4.39 Å². The summed E-state index contributed by atoms with van der Waals surface area (Å²) in [4.78, 5) is 24.6. The molecule has 1 heterocycles. The molecular weight excluding hydrogens is 209 g/mol. The van der Waals surface area contributed by atoms with Gasteiger partial charge in [-0.3, -0.25) is 9.59 Å². The van der Waals surface area contributed by atoms with Gasteiger partial charge in [0.15, 0.2) is 5.78 Å². The molecule has 1 amide bonds. The molecule has 0 aliphatic carbocycles. The second-order valence-electron chi connectivity index (χ2n) is 3.88. The van der Waals surface area contributed by atoms with Gasteiger partial charge in [-0.05, 0) is 24.6 Å². The maximum atomic E-state index is 12.9. The monoisotopic (exact) mass is 221 g/mol. The molecule has 16 heavy (non-hydrogen) atoms. The van der Waals surface area contributed by atoms with Crippen molar-refractivity contribution >= 4 is 11.7 Å². The van der Waals surface area contributed by atoms with Crippen LogP contribution in [-0.2, 0) is 4.79 Å². The molecule has 0 atom stereocenters. The van der Waals surface area contributed by atoms with E-state index in [9.17, 15) is 14.0 Å². The van der Waals surface area contributed by atoms with E-state index in [1.807, 2.05) is 0 Å². The Morgan fingerprint density at radius 1 is 1.38 bits per heavy atom. The highest BCUT2D eigenvalue weighted by Gasteiger charge is 2.22. The first-order chi connectivity index (χ1) is 7.66. The van der Waals surface area contributed by atoms with Gasteiger partial charge in [-0.25, -0.2) is 4.39 Å². The number of Topliss-reactive ketones (excluding diaryl/α,β-unsaturated/α-hetero) is 1. The first-order valence-electron chi connectivity index (χ1n) is 5.23. The van der Waals surface area contributed by atoms with E-state index in [1.165, 1.54) is 23.1 Å². The average Bonchev–Trinajstić information content (AvgIpc) is 2.28. The van der Waals surface area contributed by atoms with Crippen LogP contribution in [0, 0.1) is 5.82 Å². The van der Waals surface area contributed by atoms with Gasteiger partial charge in [0.2, 0.25) is 0 Å². The highest BCUT2D eigenvalue weighted by atomic mass is 19.1. The van der Waals surface area contributed by atoms with E-state index in [0.29, 0.717) is 24.9 Å². The molecule has 84 valence electrons. The summed E-state index contributed by atoms with van der Waals surface area (Å²) >= 11 is 0. The third kappa shape index (κ3) is 2.27. The second kappa shape index (κ2) is 4.43. The Labute approximate surface area is 92.9 Å². The van der Waals surface area contributed by atoms with E-state index in [4.69, 9.17) is 0 Å². The van der Waals surface area contributed by atoms with Gasteiger partial charge >= 0.3 is 0 Å². The van der Waals surface area contributed by atoms with Crippen molar-refractivity contribution in [3.8, 4) is 0 Å². The van der Waals surface area contributed by atoms with Crippen molar-refractivity contribution in [1.29, 1.82) is 0 Å². The van der Waals surface area contributed by atoms with Crippen LogP contribution >= 0.6 is 0 Å². The summed E-state index contributed by atoms with van der Waals surface area (Å²) in [5.74, 6) is -0.641. The molecule has 1 saturated heterocycles. The molecule has 1 fully saturated rings. The smallest absolute Gasteiger partial charge is 0.254 e. The topological polar surface area (TPSA) is 37.4 Å². The van der Waals surface area contributed by atoms with Crippen LogP contribution in [0.1, 0.15) is 23.2 Å². The number of halogens is 1. The number of hydrogen-bond donors (Lipinski definition) is 0. The molecule has 1 aliphatic rings. The van der Waals surface area contributed by atoms with Crippen molar-refractivity contribution in [2.45, 2.75) is 12.8 Å². The van der Waals surface area contributed by atoms with Crippen LogP contribution in [0.5, 0.6) is 0 Å². The second-order valence-corrected chi connectivity index (χ2v) is 3.88. The molecule has 0 spiro atoms. The number of carbonyl (C=O) groups excluding carboxylic acids is 2. The molecule has 2 rings (SSSR count). The molecular formula is C12H12FNO2. The maximum absolute atomic E-state index is 12.9. The summed E-state index contributed by atoms with van der Waals surface area (Å²) in [6.45, 7) is 0.719. The first kappa shape index (κ1) is 10.8. The van der Waals surface area contributed by atoms with Crippen molar-refractivity contribution < 1.29 is 14.0 Å². The molecule has 0 aromatic heterocycles. The lowest BCUT2D eigenvalue weighted by atomic mass is 10.1. The number of hydrogen-bond acceptors (Lipinski definition) is 2. The fourth-order valence-electron chi connectivity index (χ4n) is 1.82. The number of amides is 1. The molecule has 4 heteroatoms. The van der Waals surface area contributed by atoms with E-state index in [0.717, 1.165) is 0 Å². The zero-order valence-electron chi connectivity index (χ0n) is 8.78. The van der Waals surface area contributed by atoms with Crippen molar-refractivity contribution in [3.63, 3.8) is 0 Å². The predicted octanol–water partition coefficient (Wildman–Crippen LogP) is 1.63. The van der Waals surface area contributed by atoms with Gasteiger partial charge < -0.3 is 4.90 Å². The summed E-state index contributed by atoms with van der Waals surface area (Å²) < 4.78 is 12.9. The lowest BCUT2D eigenvalue weighted by molar-refractivity contribution is -0.121. The molecule has 1 aromatic carbocycles. The number of carbonyl (C=O) groups is 2. The van der Waals surface area contributed by atoms with Crippen LogP contribution < -0.4 is 0 Å². The lowest BCUT2D eigenvalue weighted by Gasteiger charge is -2.25. The van der Waals surface area contributed by atoms with Crippen LogP contribution in [-0.4, -0.2) is 29.7 Å². The number of nitrogens with zero attached hydrogens (tertiary/aromatic N) is 1. The van der Waals surface area contributed by atoms with Gasteiger partial charge in [-0.1, -0.05) is 6.07 Å². The fraction of sp³-hybridized carbons (Fsp3) is 0.333. The Bertz CT molecular complexity index is 431. The van der Waals surface area contributed by atoms with Crippen LogP contribution in [0.3, 0.4) is 0 Å². The Hall–Kier alpha value is -1.71. The average molecular weight is 221 g/mol. The van der Waals surface area contributed by atoms with Crippen LogP contribution in [0.2, 0.25) is 0 Å². The third-order valence-electron chi connectivity index (χ3n) is 2.61. The Morgan fingerprint density at radius 2 is 2.19 bits per heavy atom. The van der Waals surface area contributed by atoms with Gasteiger partial charge in [-0.2, -0.15) is 0 Å². The van der Waals surface area contributed by atoms with Gasteiger partial charge in [0, 0.05) is 18.5 Å². The molecule has 0 radical (unpaired) electrons. The summed E-state index contributed by atoms with van der Waals surface area (Å²) in [5, 5.41) is 0. The highest BCUT2D eigenvalue weighted by molar-refractivity contribution is 5.97. The molecule has 0 bridgehead atoms. The first-order valence-corrected chi connectivity index (χ1v) is 5.23. The van der Waals surface area contributed by atoms with E-state index in [2.05, 4.69) is 0 Å². The highest BCUT2D eigenvalue weighted by Crippen LogP contribution is 2.12. The fourth-order valence-corrected chi connectivity index (χ4v) is 1.82. The minimum atomic E-state index is -0.436. The summed E-state index contributed by atoms with van der Waals surface area (Å²) in [5.41, 5.74) is 0.301.